The summed E-state index contributed by atoms with van der Waals surface area (Å²) in [5.41, 5.74) is 2.76. The van der Waals surface area contributed by atoms with E-state index in [2.05, 4.69) is 15.4 Å². The van der Waals surface area contributed by atoms with E-state index in [-0.39, 0.29) is 17.2 Å². The number of fused-ring (bicyclic) bond motifs is 1. The molecule has 2 heterocycles. The number of thioether (sulfide) groups is 1. The normalized spacial score (nSPS) is 10.9. The lowest BCUT2D eigenvalue weighted by molar-refractivity contribution is -0.118. The molecule has 0 aliphatic rings. The van der Waals surface area contributed by atoms with Gasteiger partial charge in [0.2, 0.25) is 5.91 Å². The number of amides is 1. The highest BCUT2D eigenvalue weighted by atomic mass is 32.2. The van der Waals surface area contributed by atoms with Gasteiger partial charge in [-0.1, -0.05) is 48.2 Å². The molecule has 0 spiro atoms. The van der Waals surface area contributed by atoms with Crippen molar-refractivity contribution in [3.8, 4) is 11.5 Å². The Hall–Kier alpha value is -3.79. The fourth-order valence-electron chi connectivity index (χ4n) is 3.71. The number of rotatable bonds is 10. The summed E-state index contributed by atoms with van der Waals surface area (Å²) in [6.07, 6.45) is 2.21. The Kier molecular flexibility index (Phi) is 7.71. The van der Waals surface area contributed by atoms with Crippen LogP contribution in [0.3, 0.4) is 0 Å². The highest BCUT2D eigenvalue weighted by Gasteiger charge is 2.16. The zero-order valence-corrected chi connectivity index (χ0v) is 20.7. The third-order valence-electron chi connectivity index (χ3n) is 5.51. The van der Waals surface area contributed by atoms with Crippen LogP contribution in [0.4, 0.5) is 0 Å². The molecule has 182 valence electrons. The summed E-state index contributed by atoms with van der Waals surface area (Å²) in [5, 5.41) is 7.58. The number of nitrogens with one attached hydrogen (secondary N) is 1. The van der Waals surface area contributed by atoms with E-state index in [9.17, 15) is 9.59 Å². The topological polar surface area (TPSA) is 100 Å². The van der Waals surface area contributed by atoms with Crippen LogP contribution in [0.5, 0.6) is 11.5 Å². The Balaban J connectivity index is 1.43. The Bertz CT molecular complexity index is 1380. The van der Waals surface area contributed by atoms with Crippen LogP contribution >= 0.6 is 11.8 Å². The van der Waals surface area contributed by atoms with Gasteiger partial charge in [-0.15, -0.1) is 0 Å². The summed E-state index contributed by atoms with van der Waals surface area (Å²) in [5.74, 6) is 1.32. The molecule has 4 rings (SSSR count). The van der Waals surface area contributed by atoms with Crippen molar-refractivity contribution in [2.75, 3.05) is 26.5 Å². The molecule has 0 aliphatic carbocycles. The molecular weight excluding hydrogens is 466 g/mol. The van der Waals surface area contributed by atoms with Crippen molar-refractivity contribution in [2.24, 2.45) is 7.05 Å². The third kappa shape index (κ3) is 5.65. The second kappa shape index (κ2) is 11.1. The molecule has 0 saturated heterocycles. The van der Waals surface area contributed by atoms with E-state index in [1.54, 1.807) is 32.0 Å². The number of aryl methyl sites for hydroxylation is 1. The Labute approximate surface area is 207 Å². The lowest BCUT2D eigenvalue weighted by Gasteiger charge is -2.13. The fraction of sp³-hybridized carbons (Fsp3) is 0.280. The third-order valence-corrected chi connectivity index (χ3v) is 6.49. The van der Waals surface area contributed by atoms with Gasteiger partial charge in [0.1, 0.15) is 5.52 Å². The number of aromatic nitrogens is 4. The minimum Gasteiger partial charge on any atom is -0.493 e. The monoisotopic (exact) mass is 493 g/mol. The molecule has 9 nitrogen and oxygen atoms in total. The van der Waals surface area contributed by atoms with E-state index < -0.39 is 0 Å². The molecule has 1 N–H and O–H groups in total. The number of hydrogen-bond acceptors (Lipinski definition) is 7. The average molecular weight is 494 g/mol. The molecule has 2 aromatic heterocycles. The van der Waals surface area contributed by atoms with Gasteiger partial charge in [0.05, 0.1) is 32.7 Å². The first-order chi connectivity index (χ1) is 17.0. The van der Waals surface area contributed by atoms with E-state index >= 15 is 0 Å². The Morgan fingerprint density at radius 1 is 1.06 bits per heavy atom. The van der Waals surface area contributed by atoms with Crippen LogP contribution in [0.25, 0.3) is 11.0 Å². The van der Waals surface area contributed by atoms with Crippen molar-refractivity contribution in [3.05, 3.63) is 76.2 Å². The standard InChI is InChI=1S/C25H27N5O4S/c1-29-23-19(14-27-29)28-25(30(24(23)32)15-18-7-5-4-6-8-18)35-16-22(31)26-12-11-17-9-10-20(33-2)21(13-17)34-3/h4-10,13-14H,11-12,15-16H2,1-3H3,(H,26,31). The molecule has 0 unspecified atom stereocenters. The van der Waals surface area contributed by atoms with Crippen molar-refractivity contribution >= 4 is 28.7 Å². The molecule has 0 atom stereocenters. The number of benzene rings is 2. The second-order valence-corrected chi connectivity index (χ2v) is 8.79. The molecule has 4 aromatic rings. The average Bonchev–Trinajstić information content (AvgIpc) is 3.25. The van der Waals surface area contributed by atoms with Gasteiger partial charge >= 0.3 is 0 Å². The van der Waals surface area contributed by atoms with Crippen LogP contribution in [-0.4, -0.2) is 51.8 Å². The lowest BCUT2D eigenvalue weighted by Crippen LogP contribution is -2.29. The Morgan fingerprint density at radius 3 is 2.57 bits per heavy atom. The largest absolute Gasteiger partial charge is 0.493 e. The van der Waals surface area contributed by atoms with Gasteiger partial charge in [-0.25, -0.2) is 4.98 Å². The quantitative estimate of drug-likeness (QED) is 0.268. The van der Waals surface area contributed by atoms with Crippen molar-refractivity contribution in [3.63, 3.8) is 0 Å². The summed E-state index contributed by atoms with van der Waals surface area (Å²) in [4.78, 5) is 30.4. The van der Waals surface area contributed by atoms with Gasteiger partial charge in [-0.3, -0.25) is 18.8 Å². The molecule has 0 fully saturated rings. The number of carbonyl (C=O) groups is 1. The van der Waals surface area contributed by atoms with Crippen LogP contribution in [0.2, 0.25) is 0 Å². The van der Waals surface area contributed by atoms with E-state index in [4.69, 9.17) is 9.47 Å². The van der Waals surface area contributed by atoms with Crippen LogP contribution in [0, 0.1) is 0 Å². The van der Waals surface area contributed by atoms with Crippen LogP contribution in [-0.2, 0) is 24.8 Å². The van der Waals surface area contributed by atoms with Gasteiger partial charge in [-0.05, 0) is 29.7 Å². The number of nitrogens with zero attached hydrogens (tertiary/aromatic N) is 4. The summed E-state index contributed by atoms with van der Waals surface area (Å²) in [7, 11) is 4.90. The summed E-state index contributed by atoms with van der Waals surface area (Å²) >= 11 is 1.24. The molecule has 10 heteroatoms. The number of methoxy groups -OCH3 is 2. The van der Waals surface area contributed by atoms with E-state index in [1.165, 1.54) is 16.4 Å². The highest BCUT2D eigenvalue weighted by molar-refractivity contribution is 7.99. The van der Waals surface area contributed by atoms with Crippen LogP contribution in [0.1, 0.15) is 11.1 Å². The van der Waals surface area contributed by atoms with E-state index in [1.807, 2.05) is 48.5 Å². The maximum Gasteiger partial charge on any atom is 0.280 e. The zero-order valence-electron chi connectivity index (χ0n) is 19.9. The van der Waals surface area contributed by atoms with Crippen LogP contribution < -0.4 is 20.3 Å². The zero-order chi connectivity index (χ0) is 24.8. The fourth-order valence-corrected chi connectivity index (χ4v) is 4.54. The van der Waals surface area contributed by atoms with Crippen molar-refractivity contribution in [1.29, 1.82) is 0 Å². The van der Waals surface area contributed by atoms with Gasteiger partial charge in [0, 0.05) is 13.6 Å². The first kappa shape index (κ1) is 24.3. The molecule has 0 radical (unpaired) electrons. The van der Waals surface area contributed by atoms with Gasteiger partial charge in [0.25, 0.3) is 5.56 Å². The lowest BCUT2D eigenvalue weighted by atomic mass is 10.1. The van der Waals surface area contributed by atoms with Crippen molar-refractivity contribution in [1.82, 2.24) is 24.6 Å². The van der Waals surface area contributed by atoms with Crippen molar-refractivity contribution in [2.45, 2.75) is 18.1 Å². The molecule has 35 heavy (non-hydrogen) atoms. The first-order valence-corrected chi connectivity index (χ1v) is 12.1. The minimum absolute atomic E-state index is 0.137. The predicted molar refractivity (Wildman–Crippen MR) is 135 cm³/mol. The number of carbonyl (C=O) groups excluding carboxylic acids is 1. The summed E-state index contributed by atoms with van der Waals surface area (Å²) in [6.45, 7) is 0.831. The summed E-state index contributed by atoms with van der Waals surface area (Å²) < 4.78 is 13.7. The highest BCUT2D eigenvalue weighted by Crippen LogP contribution is 2.27. The molecule has 2 aromatic carbocycles. The van der Waals surface area contributed by atoms with E-state index in [0.717, 1.165) is 11.1 Å². The maximum atomic E-state index is 13.2. The molecule has 0 bridgehead atoms. The second-order valence-electron chi connectivity index (χ2n) is 7.85. The smallest absolute Gasteiger partial charge is 0.280 e. The Morgan fingerprint density at radius 2 is 1.83 bits per heavy atom. The van der Waals surface area contributed by atoms with Crippen LogP contribution in [0.15, 0.2) is 64.7 Å². The number of hydrogen-bond donors (Lipinski definition) is 1. The van der Waals surface area contributed by atoms with E-state index in [0.29, 0.717) is 47.2 Å². The SMILES string of the molecule is COc1ccc(CCNC(=O)CSc2nc3cnn(C)c3c(=O)n2Cc2ccccc2)cc1OC. The van der Waals surface area contributed by atoms with Gasteiger partial charge < -0.3 is 14.8 Å². The first-order valence-electron chi connectivity index (χ1n) is 11.1. The predicted octanol–water partition coefficient (Wildman–Crippen LogP) is 2.65. The number of ether oxygens (including phenoxy) is 2. The van der Waals surface area contributed by atoms with Gasteiger partial charge in [-0.2, -0.15) is 5.10 Å². The minimum atomic E-state index is -0.185. The molecule has 0 saturated carbocycles. The van der Waals surface area contributed by atoms with Gasteiger partial charge in [0.15, 0.2) is 22.2 Å². The van der Waals surface area contributed by atoms with Crippen molar-refractivity contribution < 1.29 is 14.3 Å². The molecule has 0 aliphatic heterocycles. The summed E-state index contributed by atoms with van der Waals surface area (Å²) in [6, 6.07) is 15.4. The molecule has 1 amide bonds. The molecular formula is C25H27N5O4S. The maximum absolute atomic E-state index is 13.2.